The Morgan fingerprint density at radius 3 is 2.52 bits per heavy atom. The summed E-state index contributed by atoms with van der Waals surface area (Å²) in [6, 6.07) is 0.347. The SMILES string of the molecule is CN1C(=O)CC[C@@]2(C)C1CC[C@@H]1[C@H]2CC[C@@]2(C)[C@H]1CCC2(O)F. The van der Waals surface area contributed by atoms with Crippen LogP contribution in [0.4, 0.5) is 4.39 Å². The number of fused-ring (bicyclic) bond motifs is 5. The Bertz CT molecular complexity index is 535. The Morgan fingerprint density at radius 1 is 1.09 bits per heavy atom. The fourth-order valence-corrected chi connectivity index (χ4v) is 7.11. The quantitative estimate of drug-likeness (QED) is 0.741. The van der Waals surface area contributed by atoms with Crippen LogP contribution in [0.5, 0.6) is 0 Å². The number of aliphatic hydroxyl groups is 1. The molecule has 3 nitrogen and oxygen atoms in total. The van der Waals surface area contributed by atoms with Crippen LogP contribution in [-0.2, 0) is 4.79 Å². The smallest absolute Gasteiger partial charge is 0.222 e. The van der Waals surface area contributed by atoms with Crippen molar-refractivity contribution in [3.8, 4) is 0 Å². The summed E-state index contributed by atoms with van der Waals surface area (Å²) in [6.45, 7) is 4.35. The van der Waals surface area contributed by atoms with Crippen molar-refractivity contribution in [3.63, 3.8) is 0 Å². The molecule has 4 rings (SSSR count). The van der Waals surface area contributed by atoms with E-state index in [1.807, 2.05) is 18.9 Å². The van der Waals surface area contributed by atoms with E-state index in [2.05, 4.69) is 6.92 Å². The maximum atomic E-state index is 14.7. The molecule has 1 heterocycles. The third kappa shape index (κ3) is 1.87. The average molecular weight is 323 g/mol. The van der Waals surface area contributed by atoms with E-state index < -0.39 is 11.3 Å². The molecule has 1 amide bonds. The van der Waals surface area contributed by atoms with Crippen molar-refractivity contribution >= 4 is 5.91 Å². The molecule has 1 saturated heterocycles. The first-order chi connectivity index (χ1) is 10.7. The molecule has 0 bridgehead atoms. The summed E-state index contributed by atoms with van der Waals surface area (Å²) >= 11 is 0. The molecule has 0 aromatic carbocycles. The molecule has 1 aliphatic heterocycles. The van der Waals surface area contributed by atoms with Crippen LogP contribution >= 0.6 is 0 Å². The van der Waals surface area contributed by atoms with Gasteiger partial charge in [0.05, 0.1) is 0 Å². The van der Waals surface area contributed by atoms with Gasteiger partial charge in [-0.25, -0.2) is 4.39 Å². The summed E-state index contributed by atoms with van der Waals surface area (Å²) in [5.41, 5.74) is -0.391. The highest BCUT2D eigenvalue weighted by Crippen LogP contribution is 2.67. The van der Waals surface area contributed by atoms with Gasteiger partial charge >= 0.3 is 0 Å². The topological polar surface area (TPSA) is 40.5 Å². The fourth-order valence-electron chi connectivity index (χ4n) is 7.11. The molecule has 3 saturated carbocycles. The largest absolute Gasteiger partial charge is 0.361 e. The average Bonchev–Trinajstić information content (AvgIpc) is 2.74. The Labute approximate surface area is 138 Å². The summed E-state index contributed by atoms with van der Waals surface area (Å²) in [5.74, 6) is -0.313. The van der Waals surface area contributed by atoms with Crippen molar-refractivity contribution in [1.29, 1.82) is 0 Å². The summed E-state index contributed by atoms with van der Waals surface area (Å²) in [4.78, 5) is 14.1. The minimum Gasteiger partial charge on any atom is -0.361 e. The van der Waals surface area contributed by atoms with E-state index in [1.54, 1.807) is 0 Å². The number of alkyl halides is 1. The highest BCUT2D eigenvalue weighted by molar-refractivity contribution is 5.77. The Balaban J connectivity index is 1.66. The number of amides is 1. The summed E-state index contributed by atoms with van der Waals surface area (Å²) < 4.78 is 14.7. The molecule has 4 aliphatic rings. The first-order valence-electron chi connectivity index (χ1n) is 9.38. The van der Waals surface area contributed by atoms with Crippen LogP contribution in [0.1, 0.15) is 65.2 Å². The maximum Gasteiger partial charge on any atom is 0.222 e. The number of carbonyl (C=O) groups excluding carboxylic acids is 1. The van der Waals surface area contributed by atoms with Gasteiger partial charge in [0.2, 0.25) is 11.8 Å². The van der Waals surface area contributed by atoms with Crippen LogP contribution in [0.25, 0.3) is 0 Å². The number of nitrogens with zero attached hydrogens (tertiary/aromatic N) is 1. The van der Waals surface area contributed by atoms with Crippen molar-refractivity contribution in [2.45, 2.75) is 77.1 Å². The molecule has 1 N–H and O–H groups in total. The van der Waals surface area contributed by atoms with E-state index in [-0.39, 0.29) is 11.3 Å². The lowest BCUT2D eigenvalue weighted by molar-refractivity contribution is -0.208. The van der Waals surface area contributed by atoms with E-state index in [0.29, 0.717) is 36.6 Å². The standard InChI is InChI=1S/C19H30FNO2/c1-17-9-8-16(22)21(3)15(17)5-4-12-13(17)6-10-18(2)14(12)7-11-19(18,20)23/h12-15,23H,4-11H2,1-3H3/t12-,13-,14+,15?,17-,18+,19?/m1/s1. The van der Waals surface area contributed by atoms with Gasteiger partial charge in [-0.1, -0.05) is 13.8 Å². The van der Waals surface area contributed by atoms with Crippen LogP contribution < -0.4 is 0 Å². The predicted octanol–water partition coefficient (Wildman–Crippen LogP) is 3.51. The molecule has 0 aromatic rings. The number of piperidine rings is 1. The molecular weight excluding hydrogens is 293 g/mol. The minimum absolute atomic E-state index is 0.171. The van der Waals surface area contributed by atoms with Gasteiger partial charge in [0.1, 0.15) is 0 Å². The lowest BCUT2D eigenvalue weighted by Crippen LogP contribution is -2.62. The van der Waals surface area contributed by atoms with Gasteiger partial charge < -0.3 is 10.0 Å². The van der Waals surface area contributed by atoms with Crippen LogP contribution in [-0.4, -0.2) is 34.9 Å². The van der Waals surface area contributed by atoms with Crippen LogP contribution in [0.3, 0.4) is 0 Å². The van der Waals surface area contributed by atoms with Crippen LogP contribution in [0.2, 0.25) is 0 Å². The molecule has 4 heteroatoms. The molecule has 0 spiro atoms. The van der Waals surface area contributed by atoms with Crippen LogP contribution in [0.15, 0.2) is 0 Å². The highest BCUT2D eigenvalue weighted by Gasteiger charge is 2.65. The van der Waals surface area contributed by atoms with E-state index in [0.717, 1.165) is 38.5 Å². The molecule has 3 aliphatic carbocycles. The van der Waals surface area contributed by atoms with Gasteiger partial charge in [-0.15, -0.1) is 0 Å². The van der Waals surface area contributed by atoms with Gasteiger partial charge in [0.25, 0.3) is 0 Å². The molecule has 2 unspecified atom stereocenters. The molecule has 130 valence electrons. The maximum absolute atomic E-state index is 14.7. The van der Waals surface area contributed by atoms with Gasteiger partial charge in [-0.2, -0.15) is 0 Å². The van der Waals surface area contributed by atoms with E-state index in [9.17, 15) is 14.3 Å². The summed E-state index contributed by atoms with van der Waals surface area (Å²) in [5, 5.41) is 10.3. The van der Waals surface area contributed by atoms with E-state index >= 15 is 0 Å². The van der Waals surface area contributed by atoms with Gasteiger partial charge in [0, 0.05) is 31.3 Å². The third-order valence-corrected chi connectivity index (χ3v) is 8.61. The number of rotatable bonds is 0. The fraction of sp³-hybridized carbons (Fsp3) is 0.947. The predicted molar refractivity (Wildman–Crippen MR) is 86.2 cm³/mol. The van der Waals surface area contributed by atoms with Crippen molar-refractivity contribution < 1.29 is 14.3 Å². The van der Waals surface area contributed by atoms with Gasteiger partial charge in [0.15, 0.2) is 0 Å². The second kappa shape index (κ2) is 4.71. The monoisotopic (exact) mass is 323 g/mol. The zero-order chi connectivity index (χ0) is 16.6. The first kappa shape index (κ1) is 15.9. The third-order valence-electron chi connectivity index (χ3n) is 8.61. The van der Waals surface area contributed by atoms with E-state index in [1.165, 1.54) is 0 Å². The normalized spacial score (nSPS) is 56.0. The highest BCUT2D eigenvalue weighted by atomic mass is 19.2. The van der Waals surface area contributed by atoms with Crippen molar-refractivity contribution in [1.82, 2.24) is 4.90 Å². The molecular formula is C19H30FNO2. The summed E-state index contributed by atoms with van der Waals surface area (Å²) in [7, 11) is 1.97. The number of hydrogen-bond donors (Lipinski definition) is 1. The summed E-state index contributed by atoms with van der Waals surface area (Å²) in [6.07, 6.45) is 6.66. The molecule has 23 heavy (non-hydrogen) atoms. The minimum atomic E-state index is -1.99. The second-order valence-corrected chi connectivity index (χ2v) is 9.23. The number of carbonyl (C=O) groups is 1. The Morgan fingerprint density at radius 2 is 1.78 bits per heavy atom. The number of likely N-dealkylation sites (tertiary alicyclic amines) is 1. The Hall–Kier alpha value is -0.640. The lowest BCUT2D eigenvalue weighted by Gasteiger charge is -2.61. The van der Waals surface area contributed by atoms with Gasteiger partial charge in [-0.3, -0.25) is 4.79 Å². The van der Waals surface area contributed by atoms with Crippen molar-refractivity contribution in [2.24, 2.45) is 28.6 Å². The molecule has 4 fully saturated rings. The van der Waals surface area contributed by atoms with Crippen LogP contribution in [0, 0.1) is 28.6 Å². The molecule has 0 radical (unpaired) electrons. The zero-order valence-corrected chi connectivity index (χ0v) is 14.6. The Kier molecular flexibility index (Phi) is 3.25. The zero-order valence-electron chi connectivity index (χ0n) is 14.6. The van der Waals surface area contributed by atoms with Gasteiger partial charge in [-0.05, 0) is 61.7 Å². The van der Waals surface area contributed by atoms with Crippen molar-refractivity contribution in [2.75, 3.05) is 7.05 Å². The second-order valence-electron chi connectivity index (χ2n) is 9.23. The lowest BCUT2D eigenvalue weighted by atomic mass is 9.47. The number of hydrogen-bond acceptors (Lipinski definition) is 2. The number of halogens is 1. The molecule has 7 atom stereocenters. The molecule has 0 aromatic heterocycles. The van der Waals surface area contributed by atoms with Crippen molar-refractivity contribution in [3.05, 3.63) is 0 Å². The first-order valence-corrected chi connectivity index (χ1v) is 9.38. The van der Waals surface area contributed by atoms with E-state index in [4.69, 9.17) is 0 Å².